The van der Waals surface area contributed by atoms with Gasteiger partial charge in [-0.2, -0.15) is 0 Å². The first kappa shape index (κ1) is 13.4. The van der Waals surface area contributed by atoms with Crippen molar-refractivity contribution in [2.75, 3.05) is 13.1 Å². The zero-order valence-corrected chi connectivity index (χ0v) is 13.4. The minimum Gasteiger partial charge on any atom is -0.317 e. The fourth-order valence-electron chi connectivity index (χ4n) is 2.60. The SMILES string of the molecule is Clc1cc(I)ccc1-n1cncc1C1CCNCC1. The van der Waals surface area contributed by atoms with E-state index in [0.29, 0.717) is 5.92 Å². The fraction of sp³-hybridized carbons (Fsp3) is 0.357. The van der Waals surface area contributed by atoms with Gasteiger partial charge in [-0.15, -0.1) is 0 Å². The average Bonchev–Trinajstić information content (AvgIpc) is 2.89. The van der Waals surface area contributed by atoms with Gasteiger partial charge in [-0.3, -0.25) is 0 Å². The van der Waals surface area contributed by atoms with Crippen LogP contribution in [0.15, 0.2) is 30.7 Å². The predicted molar refractivity (Wildman–Crippen MR) is 86.1 cm³/mol. The third-order valence-corrected chi connectivity index (χ3v) is 4.57. The van der Waals surface area contributed by atoms with Crippen LogP contribution in [0.3, 0.4) is 0 Å². The quantitative estimate of drug-likeness (QED) is 0.798. The molecule has 3 nitrogen and oxygen atoms in total. The van der Waals surface area contributed by atoms with Crippen molar-refractivity contribution in [2.45, 2.75) is 18.8 Å². The van der Waals surface area contributed by atoms with E-state index >= 15 is 0 Å². The van der Waals surface area contributed by atoms with Gasteiger partial charge in [-0.05, 0) is 66.7 Å². The van der Waals surface area contributed by atoms with Crippen LogP contribution in [0, 0.1) is 3.57 Å². The summed E-state index contributed by atoms with van der Waals surface area (Å²) in [5, 5.41) is 4.18. The lowest BCUT2D eigenvalue weighted by atomic mass is 9.95. The Morgan fingerprint density at radius 1 is 1.32 bits per heavy atom. The Hall–Kier alpha value is -0.590. The van der Waals surface area contributed by atoms with Crippen LogP contribution in [0.25, 0.3) is 5.69 Å². The van der Waals surface area contributed by atoms with Gasteiger partial charge < -0.3 is 9.88 Å². The summed E-state index contributed by atoms with van der Waals surface area (Å²) in [6.45, 7) is 2.16. The summed E-state index contributed by atoms with van der Waals surface area (Å²) >= 11 is 8.64. The van der Waals surface area contributed by atoms with E-state index in [0.717, 1.165) is 40.2 Å². The molecular formula is C14H15ClIN3. The first-order valence-corrected chi connectivity index (χ1v) is 7.90. The highest BCUT2D eigenvalue weighted by Crippen LogP contribution is 2.30. The molecule has 1 fully saturated rings. The zero-order valence-electron chi connectivity index (χ0n) is 10.4. The lowest BCUT2D eigenvalue weighted by Gasteiger charge is -2.24. The van der Waals surface area contributed by atoms with Crippen LogP contribution in [0.5, 0.6) is 0 Å². The predicted octanol–water partition coefficient (Wildman–Crippen LogP) is 3.60. The van der Waals surface area contributed by atoms with Gasteiger partial charge in [0.05, 0.1) is 17.0 Å². The van der Waals surface area contributed by atoms with Gasteiger partial charge in [0.2, 0.25) is 0 Å². The molecule has 19 heavy (non-hydrogen) atoms. The number of imidazole rings is 1. The Morgan fingerprint density at radius 3 is 2.84 bits per heavy atom. The average molecular weight is 388 g/mol. The van der Waals surface area contributed by atoms with Crippen LogP contribution < -0.4 is 5.32 Å². The van der Waals surface area contributed by atoms with E-state index < -0.39 is 0 Å². The highest BCUT2D eigenvalue weighted by molar-refractivity contribution is 14.1. The Morgan fingerprint density at radius 2 is 2.11 bits per heavy atom. The van der Waals surface area contributed by atoms with E-state index in [2.05, 4.69) is 49.6 Å². The van der Waals surface area contributed by atoms with Gasteiger partial charge in [-0.25, -0.2) is 4.98 Å². The number of aromatic nitrogens is 2. The summed E-state index contributed by atoms with van der Waals surface area (Å²) in [6.07, 6.45) is 6.16. The number of benzene rings is 1. The third kappa shape index (κ3) is 2.80. The summed E-state index contributed by atoms with van der Waals surface area (Å²) in [5.74, 6) is 0.569. The lowest BCUT2D eigenvalue weighted by Crippen LogP contribution is -2.27. The smallest absolute Gasteiger partial charge is 0.0994 e. The number of nitrogens with zero attached hydrogens (tertiary/aromatic N) is 2. The Balaban J connectivity index is 1.99. The molecule has 0 amide bonds. The molecule has 1 aliphatic heterocycles. The Bertz CT molecular complexity index is 576. The molecule has 1 aromatic heterocycles. The number of hydrogen-bond acceptors (Lipinski definition) is 2. The largest absolute Gasteiger partial charge is 0.317 e. The van der Waals surface area contributed by atoms with E-state index in [1.54, 1.807) is 0 Å². The molecule has 1 aliphatic rings. The molecule has 0 bridgehead atoms. The van der Waals surface area contributed by atoms with Crippen LogP contribution in [0.2, 0.25) is 5.02 Å². The third-order valence-electron chi connectivity index (χ3n) is 3.59. The molecule has 3 rings (SSSR count). The lowest BCUT2D eigenvalue weighted by molar-refractivity contribution is 0.449. The highest BCUT2D eigenvalue weighted by Gasteiger charge is 2.20. The number of piperidine rings is 1. The summed E-state index contributed by atoms with van der Waals surface area (Å²) < 4.78 is 3.28. The Labute approximate surface area is 131 Å². The van der Waals surface area contributed by atoms with Crippen LogP contribution in [0.4, 0.5) is 0 Å². The molecule has 0 saturated carbocycles. The molecule has 0 unspecified atom stereocenters. The normalized spacial score (nSPS) is 16.7. The second-order valence-corrected chi connectivity index (χ2v) is 6.46. The van der Waals surface area contributed by atoms with Crippen LogP contribution in [-0.2, 0) is 0 Å². The van der Waals surface area contributed by atoms with Crippen molar-refractivity contribution in [2.24, 2.45) is 0 Å². The van der Waals surface area contributed by atoms with Crippen molar-refractivity contribution < 1.29 is 0 Å². The van der Waals surface area contributed by atoms with Gasteiger partial charge in [-0.1, -0.05) is 11.6 Å². The van der Waals surface area contributed by atoms with Crippen molar-refractivity contribution in [1.29, 1.82) is 0 Å². The van der Waals surface area contributed by atoms with E-state index in [4.69, 9.17) is 11.6 Å². The number of nitrogens with one attached hydrogen (secondary N) is 1. The second kappa shape index (κ2) is 5.81. The minimum absolute atomic E-state index is 0.569. The standard InChI is InChI=1S/C14H15ClIN3/c15-12-7-11(16)1-2-13(12)19-9-18-8-14(19)10-3-5-17-6-4-10/h1-2,7-10,17H,3-6H2. The van der Waals surface area contributed by atoms with Crippen molar-refractivity contribution in [3.63, 3.8) is 0 Å². The van der Waals surface area contributed by atoms with Crippen LogP contribution >= 0.6 is 34.2 Å². The second-order valence-electron chi connectivity index (χ2n) is 4.81. The molecule has 0 radical (unpaired) electrons. The van der Waals surface area contributed by atoms with Gasteiger partial charge in [0.25, 0.3) is 0 Å². The number of rotatable bonds is 2. The molecule has 1 N–H and O–H groups in total. The van der Waals surface area contributed by atoms with Crippen molar-refractivity contribution in [1.82, 2.24) is 14.9 Å². The Kier molecular flexibility index (Phi) is 4.10. The summed E-state index contributed by atoms with van der Waals surface area (Å²) in [5.41, 5.74) is 2.29. The maximum atomic E-state index is 6.37. The van der Waals surface area contributed by atoms with Crippen LogP contribution in [-0.4, -0.2) is 22.6 Å². The van der Waals surface area contributed by atoms with E-state index in [9.17, 15) is 0 Å². The van der Waals surface area contributed by atoms with E-state index in [-0.39, 0.29) is 0 Å². The van der Waals surface area contributed by atoms with E-state index in [1.807, 2.05) is 18.6 Å². The maximum absolute atomic E-state index is 6.37. The molecule has 0 atom stereocenters. The van der Waals surface area contributed by atoms with Crippen molar-refractivity contribution >= 4 is 34.2 Å². The summed E-state index contributed by atoms with van der Waals surface area (Å²) in [6, 6.07) is 6.13. The van der Waals surface area contributed by atoms with Gasteiger partial charge in [0, 0.05) is 21.4 Å². The van der Waals surface area contributed by atoms with Gasteiger partial charge in [0.15, 0.2) is 0 Å². The molecule has 0 aliphatic carbocycles. The number of halogens is 2. The molecule has 0 spiro atoms. The minimum atomic E-state index is 0.569. The first-order valence-electron chi connectivity index (χ1n) is 6.44. The molecule has 1 saturated heterocycles. The van der Waals surface area contributed by atoms with Crippen molar-refractivity contribution in [3.8, 4) is 5.69 Å². The number of hydrogen-bond donors (Lipinski definition) is 1. The molecule has 2 aromatic rings. The maximum Gasteiger partial charge on any atom is 0.0994 e. The molecule has 100 valence electrons. The van der Waals surface area contributed by atoms with Gasteiger partial charge in [0.1, 0.15) is 0 Å². The zero-order chi connectivity index (χ0) is 13.2. The molecular weight excluding hydrogens is 373 g/mol. The summed E-state index contributed by atoms with van der Waals surface area (Å²) in [4.78, 5) is 4.32. The van der Waals surface area contributed by atoms with Gasteiger partial charge >= 0.3 is 0 Å². The summed E-state index contributed by atoms with van der Waals surface area (Å²) in [7, 11) is 0. The topological polar surface area (TPSA) is 29.9 Å². The monoisotopic (exact) mass is 387 g/mol. The molecule has 5 heteroatoms. The first-order chi connectivity index (χ1) is 9.25. The van der Waals surface area contributed by atoms with Crippen molar-refractivity contribution in [3.05, 3.63) is 45.0 Å². The highest BCUT2D eigenvalue weighted by atomic mass is 127. The van der Waals surface area contributed by atoms with E-state index in [1.165, 1.54) is 5.69 Å². The van der Waals surface area contributed by atoms with Crippen LogP contribution in [0.1, 0.15) is 24.5 Å². The fourth-order valence-corrected chi connectivity index (χ4v) is 3.55. The molecule has 2 heterocycles. The molecule has 1 aromatic carbocycles.